The summed E-state index contributed by atoms with van der Waals surface area (Å²) in [6, 6.07) is 5.54. The van der Waals surface area contributed by atoms with E-state index in [-0.39, 0.29) is 12.6 Å². The van der Waals surface area contributed by atoms with E-state index in [4.69, 9.17) is 9.84 Å². The van der Waals surface area contributed by atoms with Gasteiger partial charge in [-0.2, -0.15) is 0 Å². The number of aliphatic hydroxyl groups excluding tert-OH is 1. The minimum absolute atomic E-state index is 0.00665. The lowest BCUT2D eigenvalue weighted by molar-refractivity contribution is -0.112. The Labute approximate surface area is 108 Å². The van der Waals surface area contributed by atoms with Gasteiger partial charge in [-0.25, -0.2) is 0 Å². The van der Waals surface area contributed by atoms with E-state index in [1.54, 1.807) is 0 Å². The molecule has 0 spiro atoms. The number of ether oxygens (including phenoxy) is 1. The van der Waals surface area contributed by atoms with Gasteiger partial charge in [-0.15, -0.1) is 0 Å². The first kappa shape index (κ1) is 14.7. The lowest BCUT2D eigenvalue weighted by Gasteiger charge is -2.18. The van der Waals surface area contributed by atoms with E-state index in [9.17, 15) is 4.79 Å². The molecule has 1 N–H and O–H groups in total. The minimum atomic E-state index is -0.118. The number of nitrogens with zero attached hydrogens (tertiary/aromatic N) is 1. The van der Waals surface area contributed by atoms with Crippen LogP contribution in [-0.2, 0) is 11.4 Å². The van der Waals surface area contributed by atoms with Gasteiger partial charge in [-0.05, 0) is 44.3 Å². The Kier molecular flexibility index (Phi) is 5.82. The van der Waals surface area contributed by atoms with E-state index in [1.165, 1.54) is 0 Å². The number of hydrogen-bond acceptors (Lipinski definition) is 4. The van der Waals surface area contributed by atoms with Crippen molar-refractivity contribution in [2.75, 3.05) is 20.7 Å². The molecule has 1 atom stereocenters. The number of likely N-dealkylation sites (N-methyl/N-ethyl adjacent to an activating group) is 1. The van der Waals surface area contributed by atoms with Gasteiger partial charge in [0.1, 0.15) is 12.0 Å². The van der Waals surface area contributed by atoms with Crippen LogP contribution in [0.2, 0.25) is 0 Å². The zero-order valence-electron chi connectivity index (χ0n) is 11.2. The Morgan fingerprint density at radius 2 is 2.11 bits per heavy atom. The number of rotatable bonds is 7. The average molecular weight is 251 g/mol. The van der Waals surface area contributed by atoms with Crippen molar-refractivity contribution in [3.8, 4) is 5.75 Å². The number of carbonyl (C=O) groups excluding carboxylic acids is 1. The molecule has 1 unspecified atom stereocenters. The third-order valence-electron chi connectivity index (χ3n) is 2.80. The van der Waals surface area contributed by atoms with Crippen molar-refractivity contribution in [1.82, 2.24) is 4.90 Å². The first-order valence-corrected chi connectivity index (χ1v) is 6.02. The van der Waals surface area contributed by atoms with Crippen LogP contribution in [0.3, 0.4) is 0 Å². The molecule has 4 nitrogen and oxygen atoms in total. The molecule has 0 heterocycles. The minimum Gasteiger partial charge on any atom is -0.494 e. The number of benzene rings is 1. The van der Waals surface area contributed by atoms with Crippen LogP contribution < -0.4 is 4.74 Å². The van der Waals surface area contributed by atoms with Crippen molar-refractivity contribution >= 4 is 6.29 Å². The molecule has 0 radical (unpaired) electrons. The van der Waals surface area contributed by atoms with Gasteiger partial charge in [-0.3, -0.25) is 4.90 Å². The summed E-state index contributed by atoms with van der Waals surface area (Å²) in [4.78, 5) is 12.7. The van der Waals surface area contributed by atoms with Crippen LogP contribution in [0.1, 0.15) is 17.5 Å². The van der Waals surface area contributed by atoms with Crippen LogP contribution >= 0.6 is 0 Å². The predicted octanol–water partition coefficient (Wildman–Crippen LogP) is 1.39. The maximum absolute atomic E-state index is 10.8. The third-order valence-corrected chi connectivity index (χ3v) is 2.80. The van der Waals surface area contributed by atoms with Gasteiger partial charge in [-0.1, -0.05) is 6.07 Å². The second kappa shape index (κ2) is 7.13. The summed E-state index contributed by atoms with van der Waals surface area (Å²) in [5.41, 5.74) is 1.89. The van der Waals surface area contributed by atoms with E-state index in [1.807, 2.05) is 44.1 Å². The van der Waals surface area contributed by atoms with Gasteiger partial charge in [0.05, 0.1) is 19.3 Å². The lowest BCUT2D eigenvalue weighted by Crippen LogP contribution is -2.30. The zero-order valence-corrected chi connectivity index (χ0v) is 11.2. The normalized spacial score (nSPS) is 12.5. The number of aryl methyl sites for hydroxylation is 1. The van der Waals surface area contributed by atoms with Gasteiger partial charge < -0.3 is 14.6 Å². The van der Waals surface area contributed by atoms with Crippen molar-refractivity contribution in [2.24, 2.45) is 0 Å². The SMILES string of the molecule is Cc1cc(CO)cc(OCCC(C=O)N(C)C)c1. The van der Waals surface area contributed by atoms with Crippen LogP contribution in [0, 0.1) is 6.92 Å². The number of aldehydes is 1. The van der Waals surface area contributed by atoms with Gasteiger partial charge >= 0.3 is 0 Å². The maximum Gasteiger partial charge on any atom is 0.137 e. The molecule has 1 aromatic rings. The summed E-state index contributed by atoms with van der Waals surface area (Å²) in [6.45, 7) is 2.45. The molecule has 0 aliphatic heterocycles. The highest BCUT2D eigenvalue weighted by Gasteiger charge is 2.09. The van der Waals surface area contributed by atoms with Crippen LogP contribution in [0.4, 0.5) is 0 Å². The molecule has 0 aromatic heterocycles. The first-order chi connectivity index (χ1) is 8.56. The summed E-state index contributed by atoms with van der Waals surface area (Å²) in [5.74, 6) is 0.738. The summed E-state index contributed by atoms with van der Waals surface area (Å²) in [5, 5.41) is 9.10. The largest absolute Gasteiger partial charge is 0.494 e. The molecule has 100 valence electrons. The van der Waals surface area contributed by atoms with E-state index >= 15 is 0 Å². The molecule has 0 aliphatic carbocycles. The van der Waals surface area contributed by atoms with E-state index < -0.39 is 0 Å². The van der Waals surface area contributed by atoms with Gasteiger partial charge in [0.25, 0.3) is 0 Å². The van der Waals surface area contributed by atoms with Crippen molar-refractivity contribution < 1.29 is 14.6 Å². The fourth-order valence-corrected chi connectivity index (χ4v) is 1.74. The van der Waals surface area contributed by atoms with Crippen molar-refractivity contribution in [1.29, 1.82) is 0 Å². The fourth-order valence-electron chi connectivity index (χ4n) is 1.74. The fraction of sp³-hybridized carbons (Fsp3) is 0.500. The Bertz CT molecular complexity index is 391. The van der Waals surface area contributed by atoms with Crippen molar-refractivity contribution in [3.63, 3.8) is 0 Å². The van der Waals surface area contributed by atoms with Crippen molar-refractivity contribution in [2.45, 2.75) is 26.0 Å². The highest BCUT2D eigenvalue weighted by molar-refractivity contribution is 5.57. The molecule has 0 saturated carbocycles. The maximum atomic E-state index is 10.8. The molecule has 0 aliphatic rings. The summed E-state index contributed by atoms with van der Waals surface area (Å²) in [6.07, 6.45) is 1.58. The summed E-state index contributed by atoms with van der Waals surface area (Å²) >= 11 is 0. The molecule has 4 heteroatoms. The highest BCUT2D eigenvalue weighted by Crippen LogP contribution is 2.17. The molecular weight excluding hydrogens is 230 g/mol. The van der Waals surface area contributed by atoms with E-state index in [2.05, 4.69) is 0 Å². The molecule has 1 aromatic carbocycles. The van der Waals surface area contributed by atoms with Gasteiger partial charge in [0, 0.05) is 6.42 Å². The quantitative estimate of drug-likeness (QED) is 0.744. The molecule has 18 heavy (non-hydrogen) atoms. The third kappa shape index (κ3) is 4.47. The monoisotopic (exact) mass is 251 g/mol. The van der Waals surface area contributed by atoms with E-state index in [0.29, 0.717) is 13.0 Å². The lowest BCUT2D eigenvalue weighted by atomic mass is 10.1. The predicted molar refractivity (Wildman–Crippen MR) is 70.8 cm³/mol. The highest BCUT2D eigenvalue weighted by atomic mass is 16.5. The average Bonchev–Trinajstić information content (AvgIpc) is 2.33. The zero-order chi connectivity index (χ0) is 13.5. The van der Waals surface area contributed by atoms with Crippen LogP contribution in [-0.4, -0.2) is 43.0 Å². The van der Waals surface area contributed by atoms with Gasteiger partial charge in [0.2, 0.25) is 0 Å². The Balaban J connectivity index is 2.53. The molecular formula is C14H21NO3. The Hall–Kier alpha value is -1.39. The Morgan fingerprint density at radius 1 is 1.39 bits per heavy atom. The summed E-state index contributed by atoms with van der Waals surface area (Å²) in [7, 11) is 3.74. The van der Waals surface area contributed by atoms with Gasteiger partial charge in [0.15, 0.2) is 0 Å². The topological polar surface area (TPSA) is 49.8 Å². The van der Waals surface area contributed by atoms with Crippen LogP contribution in [0.15, 0.2) is 18.2 Å². The standard InChI is InChI=1S/C14H21NO3/c1-11-6-12(9-16)8-14(7-11)18-5-4-13(10-17)15(2)3/h6-8,10,13,16H,4-5,9H2,1-3H3. The smallest absolute Gasteiger partial charge is 0.137 e. The molecule has 0 amide bonds. The number of hydrogen-bond donors (Lipinski definition) is 1. The summed E-state index contributed by atoms with van der Waals surface area (Å²) < 4.78 is 5.62. The molecule has 0 bridgehead atoms. The second-order valence-corrected chi connectivity index (χ2v) is 4.62. The number of aliphatic hydroxyl groups is 1. The van der Waals surface area contributed by atoms with Crippen molar-refractivity contribution in [3.05, 3.63) is 29.3 Å². The second-order valence-electron chi connectivity index (χ2n) is 4.62. The van der Waals surface area contributed by atoms with Crippen LogP contribution in [0.25, 0.3) is 0 Å². The molecule has 1 rings (SSSR count). The Morgan fingerprint density at radius 3 is 2.67 bits per heavy atom. The first-order valence-electron chi connectivity index (χ1n) is 6.02. The van der Waals surface area contributed by atoms with E-state index in [0.717, 1.165) is 23.2 Å². The van der Waals surface area contributed by atoms with Crippen LogP contribution in [0.5, 0.6) is 5.75 Å². The number of carbonyl (C=O) groups is 1. The molecule has 0 saturated heterocycles. The molecule has 0 fully saturated rings.